The number of hydrogen-bond acceptors (Lipinski definition) is 6. The van der Waals surface area contributed by atoms with E-state index in [-0.39, 0.29) is 35.1 Å². The Morgan fingerprint density at radius 2 is 1.60 bits per heavy atom. The SMILES string of the molecule is CC(=O)Nc1ccc(NC(=O)COC(=O)c2cccc(N3C(=O)[C@H]4C[C@@H](C)CC[C@H]4C3=O)c2)cc1. The van der Waals surface area contributed by atoms with Crippen LogP contribution in [0.1, 0.15) is 43.5 Å². The maximum absolute atomic E-state index is 13.0. The monoisotopic (exact) mass is 477 g/mol. The molecule has 1 saturated heterocycles. The highest BCUT2D eigenvalue weighted by Crippen LogP contribution is 2.42. The van der Waals surface area contributed by atoms with E-state index >= 15 is 0 Å². The van der Waals surface area contributed by atoms with Crippen molar-refractivity contribution >= 4 is 46.7 Å². The quantitative estimate of drug-likeness (QED) is 0.486. The molecule has 4 amide bonds. The van der Waals surface area contributed by atoms with E-state index in [4.69, 9.17) is 4.74 Å². The lowest BCUT2D eigenvalue weighted by atomic mass is 9.76. The van der Waals surface area contributed by atoms with Gasteiger partial charge in [-0.05, 0) is 67.6 Å². The molecule has 2 aliphatic rings. The van der Waals surface area contributed by atoms with Crippen molar-refractivity contribution in [3.63, 3.8) is 0 Å². The largest absolute Gasteiger partial charge is 0.452 e. The molecule has 2 fully saturated rings. The molecule has 1 aliphatic carbocycles. The van der Waals surface area contributed by atoms with Crippen LogP contribution in [0.2, 0.25) is 0 Å². The van der Waals surface area contributed by atoms with E-state index in [1.807, 2.05) is 0 Å². The summed E-state index contributed by atoms with van der Waals surface area (Å²) in [6, 6.07) is 12.6. The average molecular weight is 478 g/mol. The molecule has 1 saturated carbocycles. The van der Waals surface area contributed by atoms with Gasteiger partial charge in [0.15, 0.2) is 6.61 Å². The van der Waals surface area contributed by atoms with Crippen molar-refractivity contribution < 1.29 is 28.7 Å². The summed E-state index contributed by atoms with van der Waals surface area (Å²) in [6.45, 7) is 2.97. The molecule has 2 N–H and O–H groups in total. The van der Waals surface area contributed by atoms with Crippen LogP contribution in [0.15, 0.2) is 48.5 Å². The molecule has 35 heavy (non-hydrogen) atoms. The molecular formula is C26H27N3O6. The minimum atomic E-state index is -0.742. The second-order valence-corrected chi connectivity index (χ2v) is 9.08. The van der Waals surface area contributed by atoms with Gasteiger partial charge >= 0.3 is 5.97 Å². The van der Waals surface area contributed by atoms with E-state index in [9.17, 15) is 24.0 Å². The van der Waals surface area contributed by atoms with E-state index in [1.54, 1.807) is 36.4 Å². The lowest BCUT2D eigenvalue weighted by Gasteiger charge is -2.25. The Morgan fingerprint density at radius 1 is 0.943 bits per heavy atom. The van der Waals surface area contributed by atoms with Gasteiger partial charge in [-0.15, -0.1) is 0 Å². The first-order chi connectivity index (χ1) is 16.7. The summed E-state index contributed by atoms with van der Waals surface area (Å²) in [5, 5.41) is 5.23. The van der Waals surface area contributed by atoms with Crippen molar-refractivity contribution in [2.75, 3.05) is 22.1 Å². The van der Waals surface area contributed by atoms with Gasteiger partial charge in [-0.25, -0.2) is 4.79 Å². The molecule has 1 aliphatic heterocycles. The van der Waals surface area contributed by atoms with Crippen molar-refractivity contribution in [1.29, 1.82) is 0 Å². The number of nitrogens with one attached hydrogen (secondary N) is 2. The Hall–Kier alpha value is -4.01. The summed E-state index contributed by atoms with van der Waals surface area (Å²) in [5.41, 5.74) is 1.54. The minimum absolute atomic E-state index is 0.138. The third kappa shape index (κ3) is 5.40. The third-order valence-corrected chi connectivity index (χ3v) is 6.35. The van der Waals surface area contributed by atoms with E-state index in [2.05, 4.69) is 17.6 Å². The topological polar surface area (TPSA) is 122 Å². The fourth-order valence-corrected chi connectivity index (χ4v) is 4.67. The highest BCUT2D eigenvalue weighted by molar-refractivity contribution is 6.22. The fourth-order valence-electron chi connectivity index (χ4n) is 4.67. The maximum atomic E-state index is 13.0. The number of benzene rings is 2. The van der Waals surface area contributed by atoms with Crippen molar-refractivity contribution in [3.8, 4) is 0 Å². The predicted octanol–water partition coefficient (Wildman–Crippen LogP) is 3.37. The summed E-state index contributed by atoms with van der Waals surface area (Å²) in [6.07, 6.45) is 2.31. The zero-order chi connectivity index (χ0) is 25.1. The molecule has 2 aromatic carbocycles. The number of fused-ring (bicyclic) bond motifs is 1. The number of carbonyl (C=O) groups excluding carboxylic acids is 5. The second-order valence-electron chi connectivity index (χ2n) is 9.08. The van der Waals surface area contributed by atoms with Crippen LogP contribution in [-0.4, -0.2) is 36.2 Å². The van der Waals surface area contributed by atoms with Crippen molar-refractivity contribution in [1.82, 2.24) is 0 Å². The minimum Gasteiger partial charge on any atom is -0.452 e. The molecule has 0 radical (unpaired) electrons. The van der Waals surface area contributed by atoms with Crippen LogP contribution in [0.3, 0.4) is 0 Å². The summed E-state index contributed by atoms with van der Waals surface area (Å²) >= 11 is 0. The van der Waals surface area contributed by atoms with Crippen LogP contribution in [0.5, 0.6) is 0 Å². The summed E-state index contributed by atoms with van der Waals surface area (Å²) < 4.78 is 5.12. The highest BCUT2D eigenvalue weighted by atomic mass is 16.5. The molecule has 182 valence electrons. The van der Waals surface area contributed by atoms with Gasteiger partial charge in [0, 0.05) is 18.3 Å². The molecule has 9 nitrogen and oxygen atoms in total. The van der Waals surface area contributed by atoms with E-state index < -0.39 is 18.5 Å². The molecule has 3 atom stereocenters. The van der Waals surface area contributed by atoms with Gasteiger partial charge in [-0.3, -0.25) is 24.1 Å². The molecule has 2 aromatic rings. The van der Waals surface area contributed by atoms with Crippen molar-refractivity contribution in [2.45, 2.75) is 33.1 Å². The summed E-state index contributed by atoms with van der Waals surface area (Å²) in [7, 11) is 0. The van der Waals surface area contributed by atoms with Crippen LogP contribution < -0.4 is 15.5 Å². The Bertz CT molecular complexity index is 1180. The van der Waals surface area contributed by atoms with Gasteiger partial charge in [0.25, 0.3) is 5.91 Å². The first-order valence-electron chi connectivity index (χ1n) is 11.6. The lowest BCUT2D eigenvalue weighted by Crippen LogP contribution is -2.31. The van der Waals surface area contributed by atoms with E-state index in [0.29, 0.717) is 35.8 Å². The molecule has 0 bridgehead atoms. The number of hydrogen-bond donors (Lipinski definition) is 2. The molecular weight excluding hydrogens is 450 g/mol. The number of nitrogens with zero attached hydrogens (tertiary/aromatic N) is 1. The smallest absolute Gasteiger partial charge is 0.338 e. The Kier molecular flexibility index (Phi) is 6.95. The average Bonchev–Trinajstić information content (AvgIpc) is 3.07. The van der Waals surface area contributed by atoms with Crippen LogP contribution in [0.4, 0.5) is 17.1 Å². The third-order valence-electron chi connectivity index (χ3n) is 6.35. The zero-order valence-corrected chi connectivity index (χ0v) is 19.6. The standard InChI is InChI=1S/C26H27N3O6/c1-15-6-11-21-22(12-15)25(33)29(24(21)32)20-5-3-4-17(13-20)26(34)35-14-23(31)28-19-9-7-18(8-10-19)27-16(2)30/h3-5,7-10,13,15,21-22H,6,11-12,14H2,1-2H3,(H,27,30)(H,28,31)/t15-,21+,22-/m0/s1. The number of carbonyl (C=O) groups is 5. The predicted molar refractivity (Wildman–Crippen MR) is 129 cm³/mol. The van der Waals surface area contributed by atoms with Crippen LogP contribution in [0, 0.1) is 17.8 Å². The molecule has 1 heterocycles. The number of rotatable bonds is 6. The number of imide groups is 1. The summed E-state index contributed by atoms with van der Waals surface area (Å²) in [4.78, 5) is 62.9. The number of esters is 1. The second kappa shape index (κ2) is 10.1. The highest BCUT2D eigenvalue weighted by Gasteiger charge is 2.50. The normalized spacial score (nSPS) is 21.3. The van der Waals surface area contributed by atoms with Crippen LogP contribution in [-0.2, 0) is 23.9 Å². The fraction of sp³-hybridized carbons (Fsp3) is 0.346. The Morgan fingerprint density at radius 3 is 2.29 bits per heavy atom. The molecule has 0 unspecified atom stereocenters. The molecule has 0 aromatic heterocycles. The molecule has 4 rings (SSSR count). The Labute approximate surface area is 202 Å². The van der Waals surface area contributed by atoms with E-state index in [0.717, 1.165) is 6.42 Å². The van der Waals surface area contributed by atoms with Crippen LogP contribution in [0.25, 0.3) is 0 Å². The van der Waals surface area contributed by atoms with Gasteiger partial charge in [-0.2, -0.15) is 0 Å². The van der Waals surface area contributed by atoms with Gasteiger partial charge < -0.3 is 15.4 Å². The number of anilines is 3. The maximum Gasteiger partial charge on any atom is 0.338 e. The van der Waals surface area contributed by atoms with Gasteiger partial charge in [0.2, 0.25) is 17.7 Å². The lowest BCUT2D eigenvalue weighted by molar-refractivity contribution is -0.122. The van der Waals surface area contributed by atoms with Crippen molar-refractivity contribution in [2.24, 2.45) is 17.8 Å². The van der Waals surface area contributed by atoms with Gasteiger partial charge in [0.1, 0.15) is 0 Å². The van der Waals surface area contributed by atoms with E-state index in [1.165, 1.54) is 24.0 Å². The number of amides is 4. The van der Waals surface area contributed by atoms with Gasteiger partial charge in [-0.1, -0.05) is 13.0 Å². The molecule has 9 heteroatoms. The Balaban J connectivity index is 1.36. The van der Waals surface area contributed by atoms with Crippen molar-refractivity contribution in [3.05, 3.63) is 54.1 Å². The first-order valence-corrected chi connectivity index (χ1v) is 11.6. The van der Waals surface area contributed by atoms with Gasteiger partial charge in [0.05, 0.1) is 23.1 Å². The molecule has 0 spiro atoms. The first kappa shape index (κ1) is 24.1. The summed E-state index contributed by atoms with van der Waals surface area (Å²) in [5.74, 6) is -2.14. The number of ether oxygens (including phenoxy) is 1. The zero-order valence-electron chi connectivity index (χ0n) is 19.6. The van der Waals surface area contributed by atoms with Crippen LogP contribution >= 0.6 is 0 Å².